The summed E-state index contributed by atoms with van der Waals surface area (Å²) in [5.74, 6) is 3.28. The molecular formula is C14H24O. The zero-order valence-corrected chi connectivity index (χ0v) is 10.3. The summed E-state index contributed by atoms with van der Waals surface area (Å²) < 4.78 is 0. The van der Waals surface area contributed by atoms with Crippen LogP contribution < -0.4 is 0 Å². The van der Waals surface area contributed by atoms with Crippen LogP contribution in [0.25, 0.3) is 0 Å². The second-order valence-electron chi connectivity index (χ2n) is 6.50. The molecule has 0 bridgehead atoms. The Morgan fingerprint density at radius 2 is 2.07 bits per heavy atom. The van der Waals surface area contributed by atoms with Crippen molar-refractivity contribution in [2.45, 2.75) is 52.9 Å². The molecule has 0 heterocycles. The molecule has 0 aliphatic heterocycles. The maximum absolute atomic E-state index is 10.6. The first-order valence-corrected chi connectivity index (χ1v) is 6.48. The van der Waals surface area contributed by atoms with Gasteiger partial charge < -0.3 is 4.79 Å². The largest absolute Gasteiger partial charge is 0.303 e. The Labute approximate surface area is 93.6 Å². The smallest absolute Gasteiger partial charge is 0.120 e. The van der Waals surface area contributed by atoms with Crippen LogP contribution >= 0.6 is 0 Å². The summed E-state index contributed by atoms with van der Waals surface area (Å²) in [4.78, 5) is 10.6. The van der Waals surface area contributed by atoms with Gasteiger partial charge >= 0.3 is 0 Å². The van der Waals surface area contributed by atoms with E-state index in [0.29, 0.717) is 11.3 Å². The molecule has 0 amide bonds. The van der Waals surface area contributed by atoms with Crippen molar-refractivity contribution < 1.29 is 4.79 Å². The van der Waals surface area contributed by atoms with Crippen molar-refractivity contribution in [3.63, 3.8) is 0 Å². The lowest BCUT2D eigenvalue weighted by atomic mass is 9.64. The van der Waals surface area contributed by atoms with E-state index in [1.807, 2.05) is 0 Å². The predicted molar refractivity (Wildman–Crippen MR) is 62.6 cm³/mol. The van der Waals surface area contributed by atoms with Gasteiger partial charge in [-0.1, -0.05) is 20.8 Å². The molecule has 1 nitrogen and oxygen atoms in total. The zero-order chi connectivity index (χ0) is 11.1. The summed E-state index contributed by atoms with van der Waals surface area (Å²) in [5, 5.41) is 0. The SMILES string of the molecule is CC1CC2C(CCC2(C)C)CC1CC=O. The van der Waals surface area contributed by atoms with Crippen LogP contribution in [0.1, 0.15) is 52.9 Å². The highest BCUT2D eigenvalue weighted by Gasteiger charge is 2.46. The van der Waals surface area contributed by atoms with Gasteiger partial charge in [0.2, 0.25) is 0 Å². The second kappa shape index (κ2) is 3.92. The van der Waals surface area contributed by atoms with Gasteiger partial charge in [0.05, 0.1) is 0 Å². The summed E-state index contributed by atoms with van der Waals surface area (Å²) in [6.07, 6.45) is 7.39. The molecule has 0 spiro atoms. The molecule has 86 valence electrons. The van der Waals surface area contributed by atoms with Crippen molar-refractivity contribution in [1.29, 1.82) is 0 Å². The minimum atomic E-state index is 0.561. The molecule has 0 radical (unpaired) electrons. The Morgan fingerprint density at radius 3 is 2.73 bits per heavy atom. The lowest BCUT2D eigenvalue weighted by molar-refractivity contribution is -0.109. The maximum atomic E-state index is 10.6. The average molecular weight is 208 g/mol. The molecule has 0 aromatic rings. The van der Waals surface area contributed by atoms with Crippen molar-refractivity contribution in [2.75, 3.05) is 0 Å². The fourth-order valence-electron chi connectivity index (χ4n) is 4.04. The van der Waals surface area contributed by atoms with Crippen molar-refractivity contribution in [3.8, 4) is 0 Å². The normalized spacial score (nSPS) is 43.7. The van der Waals surface area contributed by atoms with Crippen molar-refractivity contribution in [1.82, 2.24) is 0 Å². The van der Waals surface area contributed by atoms with E-state index >= 15 is 0 Å². The Morgan fingerprint density at radius 1 is 1.33 bits per heavy atom. The van der Waals surface area contributed by atoms with Crippen molar-refractivity contribution >= 4 is 6.29 Å². The Kier molecular flexibility index (Phi) is 2.92. The summed E-state index contributed by atoms with van der Waals surface area (Å²) in [6.45, 7) is 7.22. The van der Waals surface area contributed by atoms with Crippen LogP contribution in [0, 0.1) is 29.1 Å². The number of hydrogen-bond acceptors (Lipinski definition) is 1. The summed E-state index contributed by atoms with van der Waals surface area (Å²) >= 11 is 0. The molecular weight excluding hydrogens is 184 g/mol. The molecule has 15 heavy (non-hydrogen) atoms. The van der Waals surface area contributed by atoms with E-state index in [-0.39, 0.29) is 0 Å². The number of carbonyl (C=O) groups is 1. The monoisotopic (exact) mass is 208 g/mol. The van der Waals surface area contributed by atoms with Gasteiger partial charge in [-0.05, 0) is 54.8 Å². The van der Waals surface area contributed by atoms with Crippen LogP contribution in [0.5, 0.6) is 0 Å². The molecule has 2 aliphatic rings. The second-order valence-corrected chi connectivity index (χ2v) is 6.50. The molecule has 0 saturated heterocycles. The Hall–Kier alpha value is -0.330. The van der Waals surface area contributed by atoms with Gasteiger partial charge in [-0.2, -0.15) is 0 Å². The molecule has 1 heteroatoms. The lowest BCUT2D eigenvalue weighted by Gasteiger charge is -2.41. The summed E-state index contributed by atoms with van der Waals surface area (Å²) in [7, 11) is 0. The standard InChI is InChI=1S/C14H24O/c1-10-8-13-12(4-6-14(13,2)3)9-11(10)5-7-15/h7,10-13H,4-6,8-9H2,1-3H3. The van der Waals surface area contributed by atoms with Crippen LogP contribution in [0.2, 0.25) is 0 Å². The summed E-state index contributed by atoms with van der Waals surface area (Å²) in [6, 6.07) is 0. The Bertz CT molecular complexity index is 244. The first-order chi connectivity index (χ1) is 7.04. The first-order valence-electron chi connectivity index (χ1n) is 6.48. The highest BCUT2D eigenvalue weighted by molar-refractivity contribution is 5.49. The van der Waals surface area contributed by atoms with E-state index < -0.39 is 0 Å². The van der Waals surface area contributed by atoms with E-state index in [4.69, 9.17) is 0 Å². The minimum absolute atomic E-state index is 0.561. The predicted octanol–water partition coefficient (Wildman–Crippen LogP) is 3.67. The molecule has 0 aromatic heterocycles. The number of fused-ring (bicyclic) bond motifs is 1. The number of aldehydes is 1. The van der Waals surface area contributed by atoms with Gasteiger partial charge in [0.15, 0.2) is 0 Å². The molecule has 2 saturated carbocycles. The van der Waals surface area contributed by atoms with Crippen LogP contribution in [-0.4, -0.2) is 6.29 Å². The van der Waals surface area contributed by atoms with Crippen LogP contribution in [-0.2, 0) is 4.79 Å². The molecule has 4 atom stereocenters. The third-order valence-corrected chi connectivity index (χ3v) is 5.17. The third-order valence-electron chi connectivity index (χ3n) is 5.17. The topological polar surface area (TPSA) is 17.1 Å². The highest BCUT2D eigenvalue weighted by atomic mass is 16.1. The summed E-state index contributed by atoms with van der Waals surface area (Å²) in [5.41, 5.74) is 0.561. The van der Waals surface area contributed by atoms with Crippen LogP contribution in [0.4, 0.5) is 0 Å². The van der Waals surface area contributed by atoms with E-state index in [2.05, 4.69) is 20.8 Å². The van der Waals surface area contributed by atoms with Crippen LogP contribution in [0.3, 0.4) is 0 Å². The third kappa shape index (κ3) is 1.98. The Balaban J connectivity index is 2.06. The van der Waals surface area contributed by atoms with E-state index in [1.54, 1.807) is 0 Å². The fraction of sp³-hybridized carbons (Fsp3) is 0.929. The number of hydrogen-bond donors (Lipinski definition) is 0. The molecule has 2 rings (SSSR count). The lowest BCUT2D eigenvalue weighted by Crippen LogP contribution is -2.33. The minimum Gasteiger partial charge on any atom is -0.303 e. The first kappa shape index (κ1) is 11.2. The number of carbonyl (C=O) groups excluding carboxylic acids is 1. The van der Waals surface area contributed by atoms with Crippen LogP contribution in [0.15, 0.2) is 0 Å². The highest BCUT2D eigenvalue weighted by Crippen LogP contribution is 2.55. The van der Waals surface area contributed by atoms with Crippen molar-refractivity contribution in [3.05, 3.63) is 0 Å². The molecule has 2 aliphatic carbocycles. The van der Waals surface area contributed by atoms with E-state index in [9.17, 15) is 4.79 Å². The van der Waals surface area contributed by atoms with Gasteiger partial charge in [0.1, 0.15) is 6.29 Å². The molecule has 0 aromatic carbocycles. The van der Waals surface area contributed by atoms with Gasteiger partial charge in [0.25, 0.3) is 0 Å². The van der Waals surface area contributed by atoms with Gasteiger partial charge in [0, 0.05) is 6.42 Å². The zero-order valence-electron chi connectivity index (χ0n) is 10.3. The maximum Gasteiger partial charge on any atom is 0.120 e. The van der Waals surface area contributed by atoms with Gasteiger partial charge in [-0.15, -0.1) is 0 Å². The van der Waals surface area contributed by atoms with Gasteiger partial charge in [-0.3, -0.25) is 0 Å². The average Bonchev–Trinajstić information content (AvgIpc) is 2.45. The van der Waals surface area contributed by atoms with E-state index in [1.165, 1.54) is 25.7 Å². The number of rotatable bonds is 2. The molecule has 4 unspecified atom stereocenters. The van der Waals surface area contributed by atoms with Crippen molar-refractivity contribution in [2.24, 2.45) is 29.1 Å². The van der Waals surface area contributed by atoms with Gasteiger partial charge in [-0.25, -0.2) is 0 Å². The molecule has 2 fully saturated rings. The fourth-order valence-corrected chi connectivity index (χ4v) is 4.04. The quantitative estimate of drug-likeness (QED) is 0.633. The molecule has 0 N–H and O–H groups in total. The van der Waals surface area contributed by atoms with E-state index in [0.717, 1.165) is 30.5 Å².